The van der Waals surface area contributed by atoms with Gasteiger partial charge in [-0.25, -0.2) is 0 Å². The predicted octanol–water partition coefficient (Wildman–Crippen LogP) is 3.09. The van der Waals surface area contributed by atoms with E-state index in [-0.39, 0.29) is 22.8 Å². The van der Waals surface area contributed by atoms with Gasteiger partial charge in [-0.2, -0.15) is 0 Å². The van der Waals surface area contributed by atoms with Crippen molar-refractivity contribution in [1.82, 2.24) is 0 Å². The highest BCUT2D eigenvalue weighted by molar-refractivity contribution is 6.26. The fourth-order valence-corrected chi connectivity index (χ4v) is 2.03. The van der Waals surface area contributed by atoms with E-state index in [9.17, 15) is 14.7 Å². The first-order valence-electron chi connectivity index (χ1n) is 5.72. The third-order valence-electron chi connectivity index (χ3n) is 3.30. The molecule has 0 bridgehead atoms. The lowest BCUT2D eigenvalue weighted by atomic mass is 9.81. The van der Waals surface area contributed by atoms with Crippen LogP contribution in [0.25, 0.3) is 0 Å². The highest BCUT2D eigenvalue weighted by atomic mass is 16.3. The molecule has 1 aromatic carbocycles. The largest absolute Gasteiger partial charge is 0.504 e. The minimum absolute atomic E-state index is 0.145. The van der Waals surface area contributed by atoms with E-state index in [1.54, 1.807) is 38.1 Å². The van der Waals surface area contributed by atoms with E-state index in [0.29, 0.717) is 5.56 Å². The number of allylic oxidation sites excluding steroid dienone is 3. The Morgan fingerprint density at radius 3 is 2.17 bits per heavy atom. The second kappa shape index (κ2) is 4.26. The summed E-state index contributed by atoms with van der Waals surface area (Å²) in [5.74, 6) is -1.57. The van der Waals surface area contributed by atoms with Gasteiger partial charge in [-0.1, -0.05) is 43.3 Å². The van der Waals surface area contributed by atoms with E-state index in [4.69, 9.17) is 0 Å². The van der Waals surface area contributed by atoms with Crippen LogP contribution in [0, 0.1) is 5.92 Å². The maximum absolute atomic E-state index is 12.3. The van der Waals surface area contributed by atoms with Gasteiger partial charge in [0.15, 0.2) is 11.5 Å². The molecule has 18 heavy (non-hydrogen) atoms. The highest BCUT2D eigenvalue weighted by Crippen LogP contribution is 2.31. The number of hydrogen-bond acceptors (Lipinski definition) is 3. The summed E-state index contributed by atoms with van der Waals surface area (Å²) in [6.07, 6.45) is 0. The van der Waals surface area contributed by atoms with Crippen molar-refractivity contribution in [3.63, 3.8) is 0 Å². The first-order chi connectivity index (χ1) is 8.45. The van der Waals surface area contributed by atoms with E-state index >= 15 is 0 Å². The fourth-order valence-electron chi connectivity index (χ4n) is 2.03. The van der Waals surface area contributed by atoms with Crippen molar-refractivity contribution >= 4 is 11.6 Å². The van der Waals surface area contributed by atoms with Gasteiger partial charge in [0.05, 0.1) is 5.57 Å². The van der Waals surface area contributed by atoms with Crippen LogP contribution >= 0.6 is 0 Å². The molecule has 0 saturated heterocycles. The van der Waals surface area contributed by atoms with Crippen LogP contribution in [0.15, 0.2) is 47.7 Å². The van der Waals surface area contributed by atoms with Crippen LogP contribution in [0.3, 0.4) is 0 Å². The standard InChI is InChI=1S/C15H14O3/c1-8(2)9(3)12-13(16)10-6-4-5-7-11(10)14(17)15(12)18/h4-7,9,18H,1H2,2-3H3. The zero-order valence-corrected chi connectivity index (χ0v) is 10.4. The van der Waals surface area contributed by atoms with Crippen LogP contribution in [-0.2, 0) is 0 Å². The molecule has 0 aliphatic heterocycles. The third kappa shape index (κ3) is 1.68. The Balaban J connectivity index is 2.64. The first kappa shape index (κ1) is 12.3. The van der Waals surface area contributed by atoms with E-state index in [1.807, 2.05) is 0 Å². The molecule has 2 rings (SSSR count). The number of aliphatic hydroxyl groups is 1. The van der Waals surface area contributed by atoms with Gasteiger partial charge >= 0.3 is 0 Å². The van der Waals surface area contributed by atoms with E-state index in [2.05, 4.69) is 6.58 Å². The maximum Gasteiger partial charge on any atom is 0.228 e. The zero-order chi connectivity index (χ0) is 13.4. The molecule has 0 amide bonds. The molecule has 0 radical (unpaired) electrons. The van der Waals surface area contributed by atoms with Crippen LogP contribution in [0.1, 0.15) is 34.6 Å². The number of carbonyl (C=O) groups excluding carboxylic acids is 2. The lowest BCUT2D eigenvalue weighted by molar-refractivity contribution is 0.0922. The molecule has 0 spiro atoms. The summed E-state index contributed by atoms with van der Waals surface area (Å²) in [6, 6.07) is 6.53. The molecular weight excluding hydrogens is 228 g/mol. The monoisotopic (exact) mass is 242 g/mol. The average molecular weight is 242 g/mol. The lowest BCUT2D eigenvalue weighted by Crippen LogP contribution is -2.25. The number of aliphatic hydroxyl groups excluding tert-OH is 1. The third-order valence-corrected chi connectivity index (χ3v) is 3.30. The predicted molar refractivity (Wildman–Crippen MR) is 68.7 cm³/mol. The number of carbonyl (C=O) groups is 2. The molecule has 0 aromatic heterocycles. The average Bonchev–Trinajstić information content (AvgIpc) is 2.36. The van der Waals surface area contributed by atoms with Crippen molar-refractivity contribution in [1.29, 1.82) is 0 Å². The van der Waals surface area contributed by atoms with Crippen LogP contribution in [0.5, 0.6) is 0 Å². The molecule has 3 nitrogen and oxygen atoms in total. The molecule has 1 aliphatic rings. The Hall–Kier alpha value is -2.16. The van der Waals surface area contributed by atoms with Gasteiger partial charge in [-0.05, 0) is 6.92 Å². The zero-order valence-electron chi connectivity index (χ0n) is 10.4. The SMILES string of the molecule is C=C(C)C(C)C1=C(O)C(=O)c2ccccc2C1=O. The Labute approximate surface area is 105 Å². The number of fused-ring (bicyclic) bond motifs is 1. The molecule has 1 aliphatic carbocycles. The van der Waals surface area contributed by atoms with Gasteiger partial charge in [0.2, 0.25) is 5.78 Å². The second-order valence-electron chi connectivity index (χ2n) is 4.53. The quantitative estimate of drug-likeness (QED) is 0.811. The Morgan fingerprint density at radius 1 is 1.17 bits per heavy atom. The topological polar surface area (TPSA) is 54.4 Å². The second-order valence-corrected chi connectivity index (χ2v) is 4.53. The first-order valence-corrected chi connectivity index (χ1v) is 5.72. The molecule has 0 heterocycles. The summed E-state index contributed by atoms with van der Waals surface area (Å²) in [5, 5.41) is 9.94. The molecular formula is C15H14O3. The molecule has 1 aromatic rings. The van der Waals surface area contributed by atoms with Crippen molar-refractivity contribution < 1.29 is 14.7 Å². The van der Waals surface area contributed by atoms with Gasteiger partial charge in [0.25, 0.3) is 0 Å². The van der Waals surface area contributed by atoms with E-state index < -0.39 is 11.5 Å². The van der Waals surface area contributed by atoms with Gasteiger partial charge in [0.1, 0.15) is 0 Å². The Morgan fingerprint density at radius 2 is 1.67 bits per heavy atom. The molecule has 1 unspecified atom stereocenters. The maximum atomic E-state index is 12.3. The van der Waals surface area contributed by atoms with Crippen molar-refractivity contribution in [3.8, 4) is 0 Å². The summed E-state index contributed by atoms with van der Waals surface area (Å²) in [6.45, 7) is 7.30. The minimum Gasteiger partial charge on any atom is -0.504 e. The highest BCUT2D eigenvalue weighted by Gasteiger charge is 2.34. The van der Waals surface area contributed by atoms with Crippen molar-refractivity contribution in [3.05, 3.63) is 58.9 Å². The molecule has 1 N–H and O–H groups in total. The van der Waals surface area contributed by atoms with Crippen molar-refractivity contribution in [2.24, 2.45) is 5.92 Å². The number of Topliss-reactive ketones (excluding diaryl/α,β-unsaturated/α-hetero) is 2. The summed E-state index contributed by atoms with van der Waals surface area (Å²) < 4.78 is 0. The van der Waals surface area contributed by atoms with E-state index in [0.717, 1.165) is 5.57 Å². The van der Waals surface area contributed by atoms with Gasteiger partial charge in [0, 0.05) is 17.0 Å². The number of rotatable bonds is 2. The summed E-state index contributed by atoms with van der Waals surface area (Å²) in [7, 11) is 0. The summed E-state index contributed by atoms with van der Waals surface area (Å²) in [5.41, 5.74) is 1.49. The Bertz CT molecular complexity index is 594. The fraction of sp³-hybridized carbons (Fsp3) is 0.200. The van der Waals surface area contributed by atoms with E-state index in [1.165, 1.54) is 0 Å². The number of benzene rings is 1. The molecule has 1 atom stereocenters. The molecule has 0 fully saturated rings. The van der Waals surface area contributed by atoms with Crippen LogP contribution in [0.4, 0.5) is 0 Å². The molecule has 0 saturated carbocycles. The van der Waals surface area contributed by atoms with Crippen LogP contribution < -0.4 is 0 Å². The summed E-state index contributed by atoms with van der Waals surface area (Å²) in [4.78, 5) is 24.3. The lowest BCUT2D eigenvalue weighted by Gasteiger charge is -2.22. The number of ketones is 2. The van der Waals surface area contributed by atoms with Gasteiger partial charge in [-0.15, -0.1) is 0 Å². The molecule has 3 heteroatoms. The Kier molecular flexibility index (Phi) is 2.91. The summed E-state index contributed by atoms with van der Waals surface area (Å²) >= 11 is 0. The van der Waals surface area contributed by atoms with Gasteiger partial charge < -0.3 is 5.11 Å². The van der Waals surface area contributed by atoms with Crippen molar-refractivity contribution in [2.75, 3.05) is 0 Å². The van der Waals surface area contributed by atoms with Crippen LogP contribution in [0.2, 0.25) is 0 Å². The minimum atomic E-state index is -0.492. The van der Waals surface area contributed by atoms with Gasteiger partial charge in [-0.3, -0.25) is 9.59 Å². The van der Waals surface area contributed by atoms with Crippen LogP contribution in [-0.4, -0.2) is 16.7 Å². The molecule has 92 valence electrons. The smallest absolute Gasteiger partial charge is 0.228 e. The van der Waals surface area contributed by atoms with Crippen molar-refractivity contribution in [2.45, 2.75) is 13.8 Å². The normalized spacial score (nSPS) is 16.6. The number of hydrogen-bond donors (Lipinski definition) is 1.